The molecule has 17 heavy (non-hydrogen) atoms. The lowest BCUT2D eigenvalue weighted by molar-refractivity contribution is -0.122. The topological polar surface area (TPSA) is 82.2 Å². The van der Waals surface area contributed by atoms with Crippen molar-refractivity contribution in [1.29, 1.82) is 0 Å². The lowest BCUT2D eigenvalue weighted by Crippen LogP contribution is -2.30. The number of nitrogens with one attached hydrogen (secondary N) is 1. The minimum Gasteiger partial charge on any atom is -0.382 e. The van der Waals surface area contributed by atoms with Gasteiger partial charge in [0.1, 0.15) is 12.4 Å². The number of amides is 1. The number of hydrogen-bond donors (Lipinski definition) is 2. The first-order chi connectivity index (χ1) is 8.08. The second-order valence-electron chi connectivity index (χ2n) is 3.80. The third kappa shape index (κ3) is 5.72. The maximum atomic E-state index is 11.4. The first-order valence-electron chi connectivity index (χ1n) is 5.35. The van der Waals surface area contributed by atoms with Gasteiger partial charge in [0, 0.05) is 12.7 Å². The molecule has 0 aromatic carbocycles. The van der Waals surface area contributed by atoms with Gasteiger partial charge < -0.3 is 15.8 Å². The van der Waals surface area contributed by atoms with E-state index in [1.165, 1.54) is 4.68 Å². The molecule has 1 rings (SSSR count). The van der Waals surface area contributed by atoms with Crippen molar-refractivity contribution in [3.05, 3.63) is 24.4 Å². The van der Waals surface area contributed by atoms with Gasteiger partial charge in [-0.3, -0.25) is 9.48 Å². The van der Waals surface area contributed by atoms with E-state index in [1.54, 1.807) is 12.3 Å². The van der Waals surface area contributed by atoms with Crippen molar-refractivity contribution in [3.63, 3.8) is 0 Å². The smallest absolute Gasteiger partial charge is 0.241 e. The highest BCUT2D eigenvalue weighted by Crippen LogP contribution is 1.94. The Hall–Kier alpha value is -1.82. The molecule has 0 atom stereocenters. The van der Waals surface area contributed by atoms with Crippen LogP contribution in [0.25, 0.3) is 0 Å². The number of carbonyl (C=O) groups is 1. The number of nitrogen functional groups attached to an aromatic ring is 1. The monoisotopic (exact) mass is 238 g/mol. The molecule has 0 fully saturated rings. The molecule has 1 heterocycles. The Morgan fingerprint density at radius 3 is 3.06 bits per heavy atom. The third-order valence-electron chi connectivity index (χ3n) is 1.88. The average Bonchev–Trinajstić information content (AvgIpc) is 2.63. The Kier molecular flexibility index (Phi) is 5.22. The van der Waals surface area contributed by atoms with Crippen molar-refractivity contribution >= 4 is 11.7 Å². The molecule has 0 saturated carbocycles. The van der Waals surface area contributed by atoms with Crippen molar-refractivity contribution in [2.24, 2.45) is 0 Å². The number of nitrogens with two attached hydrogens (primary N) is 1. The van der Waals surface area contributed by atoms with Gasteiger partial charge in [0.2, 0.25) is 5.91 Å². The van der Waals surface area contributed by atoms with Crippen LogP contribution in [0.4, 0.5) is 5.82 Å². The first-order valence-corrected chi connectivity index (χ1v) is 5.35. The summed E-state index contributed by atoms with van der Waals surface area (Å²) in [5, 5.41) is 6.63. The summed E-state index contributed by atoms with van der Waals surface area (Å²) in [5.41, 5.74) is 6.39. The second-order valence-corrected chi connectivity index (χ2v) is 3.80. The van der Waals surface area contributed by atoms with Crippen LogP contribution in [0.1, 0.15) is 6.92 Å². The SMILES string of the molecule is C=C(C)COCCNC(=O)Cn1ccc(N)n1. The lowest BCUT2D eigenvalue weighted by Gasteiger charge is -2.06. The molecule has 1 aromatic rings. The van der Waals surface area contributed by atoms with E-state index in [0.717, 1.165) is 5.57 Å². The Balaban J connectivity index is 2.11. The summed E-state index contributed by atoms with van der Waals surface area (Å²) in [7, 11) is 0. The molecular weight excluding hydrogens is 220 g/mol. The second kappa shape index (κ2) is 6.70. The highest BCUT2D eigenvalue weighted by Gasteiger charge is 2.02. The molecule has 6 nitrogen and oxygen atoms in total. The number of rotatable bonds is 7. The Bertz CT molecular complexity index is 387. The van der Waals surface area contributed by atoms with E-state index in [9.17, 15) is 4.79 Å². The first kappa shape index (κ1) is 13.2. The summed E-state index contributed by atoms with van der Waals surface area (Å²) in [5.74, 6) is 0.287. The summed E-state index contributed by atoms with van der Waals surface area (Å²) in [6.45, 7) is 7.23. The fourth-order valence-electron chi connectivity index (χ4n) is 1.18. The maximum Gasteiger partial charge on any atom is 0.241 e. The molecule has 0 unspecified atom stereocenters. The van der Waals surface area contributed by atoms with E-state index in [1.807, 2.05) is 6.92 Å². The van der Waals surface area contributed by atoms with Crippen LogP contribution in [0.15, 0.2) is 24.4 Å². The van der Waals surface area contributed by atoms with Crippen molar-refractivity contribution in [2.45, 2.75) is 13.5 Å². The molecule has 0 bridgehead atoms. The third-order valence-corrected chi connectivity index (χ3v) is 1.88. The highest BCUT2D eigenvalue weighted by atomic mass is 16.5. The fraction of sp³-hybridized carbons (Fsp3) is 0.455. The Labute approximate surface area is 100 Å². The van der Waals surface area contributed by atoms with Crippen LogP contribution in [0, 0.1) is 0 Å². The number of anilines is 1. The van der Waals surface area contributed by atoms with Crippen LogP contribution in [0.3, 0.4) is 0 Å². The number of aromatic nitrogens is 2. The van der Waals surface area contributed by atoms with Gasteiger partial charge in [0.25, 0.3) is 0 Å². The van der Waals surface area contributed by atoms with Gasteiger partial charge >= 0.3 is 0 Å². The van der Waals surface area contributed by atoms with Gasteiger partial charge in [-0.15, -0.1) is 0 Å². The molecule has 94 valence electrons. The van der Waals surface area contributed by atoms with Crippen LogP contribution in [-0.4, -0.2) is 35.4 Å². The zero-order valence-corrected chi connectivity index (χ0v) is 9.98. The van der Waals surface area contributed by atoms with E-state index >= 15 is 0 Å². The molecule has 0 saturated heterocycles. The van der Waals surface area contributed by atoms with Crippen LogP contribution < -0.4 is 11.1 Å². The number of ether oxygens (including phenoxy) is 1. The van der Waals surface area contributed by atoms with Crippen LogP contribution in [0.5, 0.6) is 0 Å². The van der Waals surface area contributed by atoms with Gasteiger partial charge in [0.05, 0.1) is 13.2 Å². The molecule has 0 aliphatic carbocycles. The minimum atomic E-state index is -0.118. The van der Waals surface area contributed by atoms with Crippen molar-refractivity contribution in [1.82, 2.24) is 15.1 Å². The van der Waals surface area contributed by atoms with Crippen molar-refractivity contribution in [2.75, 3.05) is 25.5 Å². The van der Waals surface area contributed by atoms with Gasteiger partial charge in [0.15, 0.2) is 0 Å². The van der Waals surface area contributed by atoms with Gasteiger partial charge in [-0.2, -0.15) is 5.10 Å². The highest BCUT2D eigenvalue weighted by molar-refractivity contribution is 5.75. The normalized spacial score (nSPS) is 10.2. The summed E-state index contributed by atoms with van der Waals surface area (Å²) in [6, 6.07) is 1.64. The zero-order chi connectivity index (χ0) is 12.7. The van der Waals surface area contributed by atoms with Crippen LogP contribution >= 0.6 is 0 Å². The molecule has 0 aliphatic rings. The van der Waals surface area contributed by atoms with E-state index in [0.29, 0.717) is 25.6 Å². The van der Waals surface area contributed by atoms with Crippen molar-refractivity contribution < 1.29 is 9.53 Å². The van der Waals surface area contributed by atoms with E-state index < -0.39 is 0 Å². The number of nitrogens with zero attached hydrogens (tertiary/aromatic N) is 2. The zero-order valence-electron chi connectivity index (χ0n) is 9.98. The summed E-state index contributed by atoms with van der Waals surface area (Å²) in [4.78, 5) is 11.4. The lowest BCUT2D eigenvalue weighted by atomic mass is 10.4. The molecule has 6 heteroatoms. The van der Waals surface area contributed by atoms with Gasteiger partial charge in [-0.25, -0.2) is 0 Å². The molecular formula is C11H18N4O2. The Morgan fingerprint density at radius 2 is 2.47 bits per heavy atom. The van der Waals surface area contributed by atoms with Gasteiger partial charge in [-0.05, 0) is 13.0 Å². The van der Waals surface area contributed by atoms with E-state index in [4.69, 9.17) is 10.5 Å². The molecule has 3 N–H and O–H groups in total. The minimum absolute atomic E-state index is 0.118. The molecule has 1 aromatic heterocycles. The molecule has 0 radical (unpaired) electrons. The molecule has 0 aliphatic heterocycles. The predicted octanol–water partition coefficient (Wildman–Crippen LogP) is 0.174. The van der Waals surface area contributed by atoms with Crippen LogP contribution in [0.2, 0.25) is 0 Å². The van der Waals surface area contributed by atoms with Gasteiger partial charge in [-0.1, -0.05) is 12.2 Å². The number of hydrogen-bond acceptors (Lipinski definition) is 4. The fourth-order valence-corrected chi connectivity index (χ4v) is 1.18. The quantitative estimate of drug-likeness (QED) is 0.524. The van der Waals surface area contributed by atoms with E-state index in [-0.39, 0.29) is 12.5 Å². The standard InChI is InChI=1S/C11H18N4O2/c1-9(2)8-17-6-4-13-11(16)7-15-5-3-10(12)14-15/h3,5H,1,4,6-8H2,2H3,(H2,12,14)(H,13,16). The van der Waals surface area contributed by atoms with Crippen molar-refractivity contribution in [3.8, 4) is 0 Å². The molecule has 1 amide bonds. The van der Waals surface area contributed by atoms with Crippen LogP contribution in [-0.2, 0) is 16.1 Å². The maximum absolute atomic E-state index is 11.4. The molecule has 0 spiro atoms. The summed E-state index contributed by atoms with van der Waals surface area (Å²) in [6.07, 6.45) is 1.66. The summed E-state index contributed by atoms with van der Waals surface area (Å²) >= 11 is 0. The number of carbonyl (C=O) groups excluding carboxylic acids is 1. The summed E-state index contributed by atoms with van der Waals surface area (Å²) < 4.78 is 6.73. The average molecular weight is 238 g/mol. The predicted molar refractivity (Wildman–Crippen MR) is 65.3 cm³/mol. The largest absolute Gasteiger partial charge is 0.382 e. The van der Waals surface area contributed by atoms with E-state index in [2.05, 4.69) is 17.0 Å². The Morgan fingerprint density at radius 1 is 1.71 bits per heavy atom.